The van der Waals surface area contributed by atoms with Gasteiger partial charge in [0.2, 0.25) is 0 Å². The zero-order valence-electron chi connectivity index (χ0n) is 12.1. The van der Waals surface area contributed by atoms with Crippen molar-refractivity contribution in [2.45, 2.75) is 26.4 Å². The maximum Gasteiger partial charge on any atom is 0.123 e. The molecule has 0 aliphatic rings. The molecule has 1 aromatic carbocycles. The van der Waals surface area contributed by atoms with Crippen LogP contribution in [0.4, 0.5) is 0 Å². The second-order valence-corrected chi connectivity index (χ2v) is 5.60. The van der Waals surface area contributed by atoms with Crippen molar-refractivity contribution in [3.05, 3.63) is 45.7 Å². The lowest BCUT2D eigenvalue weighted by molar-refractivity contribution is 0.407. The number of halogens is 1. The van der Waals surface area contributed by atoms with Gasteiger partial charge in [-0.1, -0.05) is 22.9 Å². The first-order valence-electron chi connectivity index (χ1n) is 6.68. The van der Waals surface area contributed by atoms with Crippen molar-refractivity contribution in [1.29, 1.82) is 0 Å². The zero-order valence-corrected chi connectivity index (χ0v) is 13.7. The Morgan fingerprint density at radius 1 is 1.30 bits per heavy atom. The molecule has 1 heterocycles. The highest BCUT2D eigenvalue weighted by molar-refractivity contribution is 9.10. The molecule has 0 spiro atoms. The lowest BCUT2D eigenvalue weighted by Crippen LogP contribution is -2.14. The third kappa shape index (κ3) is 3.61. The van der Waals surface area contributed by atoms with E-state index in [2.05, 4.69) is 45.5 Å². The van der Waals surface area contributed by atoms with E-state index in [1.165, 1.54) is 5.56 Å². The number of hydrogen-bond donors (Lipinski definition) is 1. The van der Waals surface area contributed by atoms with Crippen LogP contribution in [0.25, 0.3) is 0 Å². The number of benzene rings is 1. The molecule has 0 saturated heterocycles. The molecule has 0 aliphatic heterocycles. The molecule has 0 unspecified atom stereocenters. The highest BCUT2D eigenvalue weighted by atomic mass is 79.9. The summed E-state index contributed by atoms with van der Waals surface area (Å²) in [6.45, 7) is 3.70. The number of aromatic nitrogens is 2. The Morgan fingerprint density at radius 3 is 2.75 bits per heavy atom. The van der Waals surface area contributed by atoms with Crippen LogP contribution in [0.2, 0.25) is 0 Å². The Labute approximate surface area is 128 Å². The summed E-state index contributed by atoms with van der Waals surface area (Å²) in [7, 11) is 3.66. The van der Waals surface area contributed by atoms with Crippen LogP contribution in [-0.4, -0.2) is 16.9 Å². The van der Waals surface area contributed by atoms with Crippen LogP contribution in [0.3, 0.4) is 0 Å². The third-order valence-electron chi connectivity index (χ3n) is 3.20. The van der Waals surface area contributed by atoms with Crippen LogP contribution in [-0.2, 0) is 26.6 Å². The van der Waals surface area contributed by atoms with E-state index in [0.29, 0.717) is 0 Å². The van der Waals surface area contributed by atoms with E-state index >= 15 is 0 Å². The normalized spacial score (nSPS) is 10.8. The summed E-state index contributed by atoms with van der Waals surface area (Å²) in [4.78, 5) is 0. The van der Waals surface area contributed by atoms with Gasteiger partial charge in [-0.25, -0.2) is 0 Å². The van der Waals surface area contributed by atoms with Gasteiger partial charge in [0, 0.05) is 41.9 Å². The molecule has 2 rings (SSSR count). The molecule has 0 saturated carbocycles. The Balaban J connectivity index is 2.00. The molecule has 0 aliphatic carbocycles. The second-order valence-electron chi connectivity index (χ2n) is 4.69. The lowest BCUT2D eigenvalue weighted by atomic mass is 10.2. The molecule has 1 aromatic heterocycles. The number of hydrogen-bond acceptors (Lipinski definition) is 3. The summed E-state index contributed by atoms with van der Waals surface area (Å²) in [6.07, 6.45) is 3.03. The molecule has 0 amide bonds. The van der Waals surface area contributed by atoms with Gasteiger partial charge in [-0.3, -0.25) is 4.68 Å². The van der Waals surface area contributed by atoms with E-state index in [1.54, 1.807) is 7.11 Å². The summed E-state index contributed by atoms with van der Waals surface area (Å²) >= 11 is 3.49. The van der Waals surface area contributed by atoms with Crippen LogP contribution in [0.15, 0.2) is 28.9 Å². The first-order valence-corrected chi connectivity index (χ1v) is 7.47. The van der Waals surface area contributed by atoms with E-state index < -0.39 is 0 Å². The Hall–Kier alpha value is -1.33. The highest BCUT2D eigenvalue weighted by Crippen LogP contribution is 2.22. The van der Waals surface area contributed by atoms with E-state index in [-0.39, 0.29) is 0 Å². The minimum Gasteiger partial charge on any atom is -0.496 e. The molecular weight excluding hydrogens is 318 g/mol. The van der Waals surface area contributed by atoms with Gasteiger partial charge in [0.15, 0.2) is 0 Å². The molecule has 0 radical (unpaired) electrons. The van der Waals surface area contributed by atoms with Crippen molar-refractivity contribution in [2.24, 2.45) is 7.05 Å². The van der Waals surface area contributed by atoms with Gasteiger partial charge in [0.25, 0.3) is 0 Å². The van der Waals surface area contributed by atoms with E-state index in [9.17, 15) is 0 Å². The number of aryl methyl sites for hydroxylation is 2. The maximum atomic E-state index is 5.37. The standard InChI is InChI=1S/C15H20BrN3O/c1-4-14-12(10-19(2)18-14)9-17-8-11-7-13(16)5-6-15(11)20-3/h5-7,10,17H,4,8-9H2,1-3H3. The van der Waals surface area contributed by atoms with Gasteiger partial charge in [0.1, 0.15) is 5.75 Å². The fraction of sp³-hybridized carbons (Fsp3) is 0.400. The number of rotatable bonds is 6. The smallest absolute Gasteiger partial charge is 0.123 e. The average Bonchev–Trinajstić information content (AvgIpc) is 2.79. The van der Waals surface area contributed by atoms with Crippen LogP contribution in [0.1, 0.15) is 23.7 Å². The van der Waals surface area contributed by atoms with Crippen molar-refractivity contribution >= 4 is 15.9 Å². The van der Waals surface area contributed by atoms with E-state index in [0.717, 1.165) is 41.0 Å². The van der Waals surface area contributed by atoms with Crippen LogP contribution in [0.5, 0.6) is 5.75 Å². The van der Waals surface area contributed by atoms with Gasteiger partial charge >= 0.3 is 0 Å². The van der Waals surface area contributed by atoms with Gasteiger partial charge in [0.05, 0.1) is 12.8 Å². The van der Waals surface area contributed by atoms with Crippen molar-refractivity contribution in [3.63, 3.8) is 0 Å². The van der Waals surface area contributed by atoms with Gasteiger partial charge in [-0.15, -0.1) is 0 Å². The topological polar surface area (TPSA) is 39.1 Å². The molecule has 5 heteroatoms. The molecule has 4 nitrogen and oxygen atoms in total. The van der Waals surface area contributed by atoms with Crippen molar-refractivity contribution in [2.75, 3.05) is 7.11 Å². The Bertz CT molecular complexity index is 580. The molecule has 20 heavy (non-hydrogen) atoms. The number of ether oxygens (including phenoxy) is 1. The fourth-order valence-electron chi connectivity index (χ4n) is 2.25. The SMILES string of the molecule is CCc1nn(C)cc1CNCc1cc(Br)ccc1OC. The first kappa shape index (κ1) is 15.1. The first-order chi connectivity index (χ1) is 9.63. The Morgan fingerprint density at radius 2 is 2.05 bits per heavy atom. The Kier molecular flexibility index (Phi) is 5.20. The van der Waals surface area contributed by atoms with Crippen LogP contribution < -0.4 is 10.1 Å². The number of methoxy groups -OCH3 is 1. The third-order valence-corrected chi connectivity index (χ3v) is 3.69. The predicted molar refractivity (Wildman–Crippen MR) is 83.8 cm³/mol. The van der Waals surface area contributed by atoms with Crippen molar-refractivity contribution in [1.82, 2.24) is 15.1 Å². The lowest BCUT2D eigenvalue weighted by Gasteiger charge is -2.10. The molecule has 2 aromatic rings. The summed E-state index contributed by atoms with van der Waals surface area (Å²) in [6, 6.07) is 6.04. The van der Waals surface area contributed by atoms with Gasteiger partial charge in [-0.05, 0) is 24.6 Å². The average molecular weight is 338 g/mol. The minimum absolute atomic E-state index is 0.765. The molecule has 108 valence electrons. The summed E-state index contributed by atoms with van der Waals surface area (Å²) in [5.74, 6) is 0.905. The van der Waals surface area contributed by atoms with E-state index in [1.807, 2.05) is 23.9 Å². The largest absolute Gasteiger partial charge is 0.496 e. The molecule has 0 fully saturated rings. The number of nitrogens with one attached hydrogen (secondary N) is 1. The van der Waals surface area contributed by atoms with Gasteiger partial charge in [-0.2, -0.15) is 5.10 Å². The van der Waals surface area contributed by atoms with Crippen molar-refractivity contribution < 1.29 is 4.74 Å². The second kappa shape index (κ2) is 6.90. The summed E-state index contributed by atoms with van der Waals surface area (Å²) in [5, 5.41) is 7.90. The monoisotopic (exact) mass is 337 g/mol. The zero-order chi connectivity index (χ0) is 14.5. The molecular formula is C15H20BrN3O. The molecule has 1 N–H and O–H groups in total. The molecule has 0 atom stereocenters. The number of nitrogens with zero attached hydrogens (tertiary/aromatic N) is 2. The summed E-state index contributed by atoms with van der Waals surface area (Å²) in [5.41, 5.74) is 3.55. The molecule has 0 bridgehead atoms. The van der Waals surface area contributed by atoms with Crippen molar-refractivity contribution in [3.8, 4) is 5.75 Å². The maximum absolute atomic E-state index is 5.37. The fourth-order valence-corrected chi connectivity index (χ4v) is 2.65. The van der Waals surface area contributed by atoms with Crippen LogP contribution in [0, 0.1) is 0 Å². The predicted octanol–water partition coefficient (Wildman–Crippen LogP) is 3.04. The van der Waals surface area contributed by atoms with E-state index in [4.69, 9.17) is 4.74 Å². The van der Waals surface area contributed by atoms with Gasteiger partial charge < -0.3 is 10.1 Å². The van der Waals surface area contributed by atoms with Crippen LogP contribution >= 0.6 is 15.9 Å². The summed E-state index contributed by atoms with van der Waals surface area (Å²) < 4.78 is 8.31. The minimum atomic E-state index is 0.765. The quantitative estimate of drug-likeness (QED) is 0.880. The highest BCUT2D eigenvalue weighted by Gasteiger charge is 2.07.